The van der Waals surface area contributed by atoms with Gasteiger partial charge >= 0.3 is 5.97 Å². The largest absolute Gasteiger partial charge is 0.452 e. The van der Waals surface area contributed by atoms with Crippen molar-refractivity contribution in [2.45, 2.75) is 0 Å². The minimum absolute atomic E-state index is 0.385. The standard InChI is InChI=1S/C14H10F2N2O4S/c15-8-3-4-9(10(16)6-8)14(21)22-7-12(19)17-18-13(20)11-2-1-5-23-11/h1-6H,7H2,(H,17,19)(H,18,20). The molecule has 2 aromatic rings. The highest BCUT2D eigenvalue weighted by molar-refractivity contribution is 7.12. The molecule has 0 unspecified atom stereocenters. The van der Waals surface area contributed by atoms with Gasteiger partial charge in [0.25, 0.3) is 11.8 Å². The number of carbonyl (C=O) groups excluding carboxylic acids is 3. The number of hydrogen-bond donors (Lipinski definition) is 2. The van der Waals surface area contributed by atoms with Crippen LogP contribution >= 0.6 is 11.3 Å². The first-order valence-corrected chi connectivity index (χ1v) is 7.10. The molecule has 0 atom stereocenters. The van der Waals surface area contributed by atoms with E-state index >= 15 is 0 Å². The zero-order valence-corrected chi connectivity index (χ0v) is 12.3. The van der Waals surface area contributed by atoms with Crippen LogP contribution in [0.15, 0.2) is 35.7 Å². The molecule has 1 aromatic heterocycles. The van der Waals surface area contributed by atoms with Gasteiger partial charge in [-0.25, -0.2) is 13.6 Å². The zero-order valence-electron chi connectivity index (χ0n) is 11.5. The maximum absolute atomic E-state index is 13.3. The van der Waals surface area contributed by atoms with Crippen LogP contribution in [0.1, 0.15) is 20.0 Å². The third kappa shape index (κ3) is 4.58. The average molecular weight is 340 g/mol. The average Bonchev–Trinajstić information content (AvgIpc) is 3.04. The summed E-state index contributed by atoms with van der Waals surface area (Å²) in [6.45, 7) is -0.736. The second kappa shape index (κ2) is 7.45. The fourth-order valence-corrected chi connectivity index (χ4v) is 2.11. The minimum atomic E-state index is -1.12. The van der Waals surface area contributed by atoms with Gasteiger partial charge in [0.05, 0.1) is 10.4 Å². The highest BCUT2D eigenvalue weighted by Gasteiger charge is 2.16. The van der Waals surface area contributed by atoms with Gasteiger partial charge in [-0.05, 0) is 23.6 Å². The first-order valence-electron chi connectivity index (χ1n) is 6.22. The number of hydrogen-bond acceptors (Lipinski definition) is 5. The highest BCUT2D eigenvalue weighted by atomic mass is 32.1. The summed E-state index contributed by atoms with van der Waals surface area (Å²) in [5.41, 5.74) is 3.66. The summed E-state index contributed by atoms with van der Waals surface area (Å²) in [4.78, 5) is 34.9. The van der Waals surface area contributed by atoms with Crippen LogP contribution in [0, 0.1) is 11.6 Å². The van der Waals surface area contributed by atoms with E-state index < -0.39 is 41.6 Å². The van der Waals surface area contributed by atoms with E-state index in [0.29, 0.717) is 10.9 Å². The molecule has 9 heteroatoms. The van der Waals surface area contributed by atoms with Gasteiger partial charge in [-0.2, -0.15) is 0 Å². The van der Waals surface area contributed by atoms with Crippen LogP contribution in [0.4, 0.5) is 8.78 Å². The number of thiophene rings is 1. The van der Waals surface area contributed by atoms with Crippen molar-refractivity contribution in [3.05, 3.63) is 57.8 Å². The molecule has 2 rings (SSSR count). The fraction of sp³-hybridized carbons (Fsp3) is 0.0714. The van der Waals surface area contributed by atoms with Crippen molar-refractivity contribution in [2.24, 2.45) is 0 Å². The fourth-order valence-electron chi connectivity index (χ4n) is 1.50. The van der Waals surface area contributed by atoms with Crippen molar-refractivity contribution in [3.63, 3.8) is 0 Å². The molecule has 120 valence electrons. The maximum Gasteiger partial charge on any atom is 0.341 e. The quantitative estimate of drug-likeness (QED) is 0.655. The van der Waals surface area contributed by atoms with Crippen LogP contribution in [-0.2, 0) is 9.53 Å². The lowest BCUT2D eigenvalue weighted by molar-refractivity contribution is -0.125. The first-order chi connectivity index (χ1) is 11.0. The van der Waals surface area contributed by atoms with Gasteiger partial charge in [0.1, 0.15) is 11.6 Å². The Morgan fingerprint density at radius 3 is 2.57 bits per heavy atom. The molecule has 2 amide bonds. The molecule has 0 radical (unpaired) electrons. The van der Waals surface area contributed by atoms with E-state index in [4.69, 9.17) is 0 Å². The number of amides is 2. The van der Waals surface area contributed by atoms with Crippen molar-refractivity contribution in [2.75, 3.05) is 6.61 Å². The van der Waals surface area contributed by atoms with E-state index in [0.717, 1.165) is 12.1 Å². The number of esters is 1. The molecule has 0 aliphatic heterocycles. The Bertz CT molecular complexity index is 734. The molecule has 0 fully saturated rings. The molecule has 0 saturated carbocycles. The number of ether oxygens (including phenoxy) is 1. The number of benzene rings is 1. The predicted molar refractivity (Wildman–Crippen MR) is 76.6 cm³/mol. The Morgan fingerprint density at radius 2 is 1.91 bits per heavy atom. The molecule has 2 N–H and O–H groups in total. The van der Waals surface area contributed by atoms with Crippen molar-refractivity contribution >= 4 is 29.1 Å². The lowest BCUT2D eigenvalue weighted by Crippen LogP contribution is -2.43. The van der Waals surface area contributed by atoms with Crippen LogP contribution < -0.4 is 10.9 Å². The van der Waals surface area contributed by atoms with Crippen molar-refractivity contribution in [1.29, 1.82) is 0 Å². The summed E-state index contributed by atoms with van der Waals surface area (Å²) < 4.78 is 30.6. The molecule has 6 nitrogen and oxygen atoms in total. The van der Waals surface area contributed by atoms with Crippen molar-refractivity contribution in [1.82, 2.24) is 10.9 Å². The summed E-state index contributed by atoms with van der Waals surface area (Å²) in [5.74, 6) is -4.40. The van der Waals surface area contributed by atoms with Crippen LogP contribution in [0.5, 0.6) is 0 Å². The Balaban J connectivity index is 1.80. The van der Waals surface area contributed by atoms with E-state index in [1.807, 2.05) is 5.43 Å². The second-order valence-electron chi connectivity index (χ2n) is 4.18. The molecular formula is C14H10F2N2O4S. The Hall–Kier alpha value is -2.81. The van der Waals surface area contributed by atoms with E-state index in [2.05, 4.69) is 10.2 Å². The molecule has 0 bridgehead atoms. The van der Waals surface area contributed by atoms with Gasteiger partial charge < -0.3 is 4.74 Å². The molecule has 1 aromatic carbocycles. The number of rotatable bonds is 4. The van der Waals surface area contributed by atoms with E-state index in [1.165, 1.54) is 11.3 Å². The summed E-state index contributed by atoms with van der Waals surface area (Å²) in [6, 6.07) is 5.55. The lowest BCUT2D eigenvalue weighted by Gasteiger charge is -2.07. The van der Waals surface area contributed by atoms with Gasteiger partial charge in [-0.15, -0.1) is 11.3 Å². The van der Waals surface area contributed by atoms with E-state index in [-0.39, 0.29) is 0 Å². The molecule has 0 saturated heterocycles. The van der Waals surface area contributed by atoms with Gasteiger partial charge in [-0.1, -0.05) is 6.07 Å². The smallest absolute Gasteiger partial charge is 0.341 e. The third-order valence-electron chi connectivity index (χ3n) is 2.55. The zero-order chi connectivity index (χ0) is 16.8. The molecule has 0 spiro atoms. The number of hydrazine groups is 1. The third-order valence-corrected chi connectivity index (χ3v) is 3.41. The summed E-state index contributed by atoms with van der Waals surface area (Å²) in [5, 5.41) is 1.69. The summed E-state index contributed by atoms with van der Waals surface area (Å²) in [6.07, 6.45) is 0. The summed E-state index contributed by atoms with van der Waals surface area (Å²) in [7, 11) is 0. The Kier molecular flexibility index (Phi) is 5.36. The summed E-state index contributed by atoms with van der Waals surface area (Å²) >= 11 is 1.18. The van der Waals surface area contributed by atoms with Crippen LogP contribution in [0.3, 0.4) is 0 Å². The van der Waals surface area contributed by atoms with E-state index in [1.54, 1.807) is 17.5 Å². The topological polar surface area (TPSA) is 84.5 Å². The monoisotopic (exact) mass is 340 g/mol. The van der Waals surface area contributed by atoms with Gasteiger partial charge in [0.15, 0.2) is 6.61 Å². The van der Waals surface area contributed by atoms with Crippen molar-refractivity contribution < 1.29 is 27.9 Å². The molecule has 0 aliphatic rings. The van der Waals surface area contributed by atoms with Gasteiger partial charge in [0, 0.05) is 6.07 Å². The number of nitrogens with one attached hydrogen (secondary N) is 2. The van der Waals surface area contributed by atoms with E-state index in [9.17, 15) is 23.2 Å². The van der Waals surface area contributed by atoms with Crippen LogP contribution in [0.2, 0.25) is 0 Å². The van der Waals surface area contributed by atoms with Crippen LogP contribution in [-0.4, -0.2) is 24.4 Å². The lowest BCUT2D eigenvalue weighted by atomic mass is 10.2. The SMILES string of the molecule is O=C(COC(=O)c1ccc(F)cc1F)NNC(=O)c1cccs1. The highest BCUT2D eigenvalue weighted by Crippen LogP contribution is 2.10. The number of carbonyl (C=O) groups is 3. The molecule has 0 aliphatic carbocycles. The normalized spacial score (nSPS) is 10.0. The maximum atomic E-state index is 13.3. The number of halogens is 2. The molecule has 23 heavy (non-hydrogen) atoms. The minimum Gasteiger partial charge on any atom is -0.452 e. The Labute approximate surface area is 133 Å². The molecule has 1 heterocycles. The van der Waals surface area contributed by atoms with Gasteiger partial charge in [-0.3, -0.25) is 20.4 Å². The molecular weight excluding hydrogens is 330 g/mol. The predicted octanol–water partition coefficient (Wildman–Crippen LogP) is 1.64. The van der Waals surface area contributed by atoms with Crippen molar-refractivity contribution in [3.8, 4) is 0 Å². The van der Waals surface area contributed by atoms with Crippen LogP contribution in [0.25, 0.3) is 0 Å². The van der Waals surface area contributed by atoms with Gasteiger partial charge in [0.2, 0.25) is 0 Å². The second-order valence-corrected chi connectivity index (χ2v) is 5.13. The first kappa shape index (κ1) is 16.6. The Morgan fingerprint density at radius 1 is 1.13 bits per heavy atom.